The minimum Gasteiger partial charge on any atom is -0.346 e. The summed E-state index contributed by atoms with van der Waals surface area (Å²) in [7, 11) is 0. The molecule has 0 aliphatic carbocycles. The summed E-state index contributed by atoms with van der Waals surface area (Å²) in [4.78, 5) is 19.2. The van der Waals surface area contributed by atoms with Crippen LogP contribution in [0.25, 0.3) is 5.52 Å². The lowest BCUT2D eigenvalue weighted by Crippen LogP contribution is -2.57. The van der Waals surface area contributed by atoms with Crippen molar-refractivity contribution in [2.24, 2.45) is 5.92 Å². The normalized spacial score (nSPS) is 26.8. The fourth-order valence-corrected chi connectivity index (χ4v) is 3.58. The van der Waals surface area contributed by atoms with E-state index in [0.717, 1.165) is 17.6 Å². The van der Waals surface area contributed by atoms with E-state index in [1.807, 2.05) is 16.7 Å². The van der Waals surface area contributed by atoms with Gasteiger partial charge in [0.2, 0.25) is 0 Å². The first-order valence-corrected chi connectivity index (χ1v) is 7.70. The third kappa shape index (κ3) is 2.26. The number of nitrogens with zero attached hydrogens (tertiary/aromatic N) is 3. The Bertz CT molecular complexity index is 765. The summed E-state index contributed by atoms with van der Waals surface area (Å²) in [5, 5.41) is 3.16. The zero-order valence-electron chi connectivity index (χ0n) is 12.3. The number of aromatic nitrogens is 2. The Morgan fingerprint density at radius 1 is 1.36 bits per heavy atom. The lowest BCUT2D eigenvalue weighted by Gasteiger charge is -2.44. The van der Waals surface area contributed by atoms with Gasteiger partial charge >= 0.3 is 0 Å². The van der Waals surface area contributed by atoms with E-state index in [0.29, 0.717) is 11.6 Å². The monoisotopic (exact) mass is 294 g/mol. The largest absolute Gasteiger partial charge is 0.346 e. The van der Waals surface area contributed by atoms with Crippen LogP contribution in [0.5, 0.6) is 0 Å². The maximum Gasteiger partial charge on any atom is 0.271 e. The van der Waals surface area contributed by atoms with Gasteiger partial charge in [-0.3, -0.25) is 4.79 Å². The molecule has 2 aromatic heterocycles. The fourth-order valence-electron chi connectivity index (χ4n) is 3.58. The lowest BCUT2D eigenvalue weighted by atomic mass is 9.84. The highest BCUT2D eigenvalue weighted by Gasteiger charge is 2.35. The highest BCUT2D eigenvalue weighted by molar-refractivity contribution is 5.92. The van der Waals surface area contributed by atoms with Crippen molar-refractivity contribution in [2.75, 3.05) is 19.6 Å². The Labute approximate surface area is 129 Å². The molecule has 112 valence electrons. The van der Waals surface area contributed by atoms with Gasteiger partial charge < -0.3 is 14.6 Å². The third-order valence-corrected chi connectivity index (χ3v) is 4.85. The summed E-state index contributed by atoms with van der Waals surface area (Å²) >= 11 is 0. The minimum atomic E-state index is -0.100. The summed E-state index contributed by atoms with van der Waals surface area (Å²) in [5.41, 5.74) is 2.12. The molecule has 5 rings (SSSR count). The molecule has 0 radical (unpaired) electrons. The Morgan fingerprint density at radius 3 is 2.86 bits per heavy atom. The Balaban J connectivity index is 1.54. The van der Waals surface area contributed by atoms with Gasteiger partial charge in [0, 0.05) is 30.5 Å². The first-order valence-electron chi connectivity index (χ1n) is 7.70. The molecule has 3 fully saturated rings. The number of carbonyl (C=O) groups is 1. The highest BCUT2D eigenvalue weighted by atomic mass is 16.2. The quantitative estimate of drug-likeness (QED) is 0.845. The second kappa shape index (κ2) is 5.15. The number of terminal acetylenes is 1. The van der Waals surface area contributed by atoms with Crippen LogP contribution in [0, 0.1) is 18.3 Å². The number of rotatable bonds is 2. The van der Waals surface area contributed by atoms with Crippen LogP contribution >= 0.6 is 0 Å². The van der Waals surface area contributed by atoms with Crippen molar-refractivity contribution in [3.8, 4) is 12.3 Å². The molecular formula is C17H18N4O. The van der Waals surface area contributed by atoms with Crippen molar-refractivity contribution in [1.82, 2.24) is 19.6 Å². The Hall–Kier alpha value is -2.32. The molecule has 3 aliphatic rings. The molecule has 0 saturated carbocycles. The molecule has 0 unspecified atom stereocenters. The van der Waals surface area contributed by atoms with E-state index < -0.39 is 0 Å². The molecule has 5 heterocycles. The van der Waals surface area contributed by atoms with Gasteiger partial charge in [0.15, 0.2) is 0 Å². The highest BCUT2D eigenvalue weighted by Crippen LogP contribution is 2.27. The first kappa shape index (κ1) is 13.4. The molecule has 0 spiro atoms. The molecule has 3 aliphatic heterocycles. The van der Waals surface area contributed by atoms with E-state index in [4.69, 9.17) is 6.42 Å². The second-order valence-corrected chi connectivity index (χ2v) is 6.20. The number of carbonyl (C=O) groups excluding carboxylic acids is 1. The maximum atomic E-state index is 12.5. The summed E-state index contributed by atoms with van der Waals surface area (Å²) in [6, 6.07) is 2.13. The number of hydrogen-bond acceptors (Lipinski definition) is 3. The lowest BCUT2D eigenvalue weighted by molar-refractivity contribution is 0.0617. The molecule has 2 bridgehead atoms. The van der Waals surface area contributed by atoms with Gasteiger partial charge in [0.25, 0.3) is 5.91 Å². The molecule has 22 heavy (non-hydrogen) atoms. The van der Waals surface area contributed by atoms with Crippen molar-refractivity contribution in [2.45, 2.75) is 18.9 Å². The average Bonchev–Trinajstić information content (AvgIpc) is 2.98. The number of fused-ring (bicyclic) bond motifs is 4. The van der Waals surface area contributed by atoms with Crippen molar-refractivity contribution in [3.63, 3.8) is 0 Å². The van der Waals surface area contributed by atoms with Crippen molar-refractivity contribution < 1.29 is 4.79 Å². The third-order valence-electron chi connectivity index (χ3n) is 4.85. The van der Waals surface area contributed by atoms with Crippen LogP contribution in [0.15, 0.2) is 24.7 Å². The predicted molar refractivity (Wildman–Crippen MR) is 83.5 cm³/mol. The summed E-state index contributed by atoms with van der Waals surface area (Å²) in [5.74, 6) is 3.10. The van der Waals surface area contributed by atoms with Crippen LogP contribution in [0.1, 0.15) is 28.9 Å². The van der Waals surface area contributed by atoms with Gasteiger partial charge in [0.1, 0.15) is 5.69 Å². The molecule has 5 heteroatoms. The minimum absolute atomic E-state index is 0.100. The van der Waals surface area contributed by atoms with E-state index in [2.05, 4.69) is 21.1 Å². The summed E-state index contributed by atoms with van der Waals surface area (Å²) < 4.78 is 1.85. The second-order valence-electron chi connectivity index (χ2n) is 6.20. The standard InChI is InChI=1S/C17H18N4O/c1-2-12-7-14-8-18-16(11-21(14)9-12)17(22)19-15-10-20-5-3-13(15)4-6-20/h1,7-9,11,13,15H,3-6,10H2,(H,19,22)/t15-/m0/s1. The molecule has 3 saturated heterocycles. The predicted octanol–water partition coefficient (Wildman–Crippen LogP) is 1.14. The van der Waals surface area contributed by atoms with Gasteiger partial charge in [-0.1, -0.05) is 5.92 Å². The fraction of sp³-hybridized carbons (Fsp3) is 0.412. The van der Waals surface area contributed by atoms with Crippen LogP contribution in [0.4, 0.5) is 0 Å². The van der Waals surface area contributed by atoms with Crippen molar-refractivity contribution in [1.29, 1.82) is 0 Å². The van der Waals surface area contributed by atoms with Crippen molar-refractivity contribution >= 4 is 11.4 Å². The van der Waals surface area contributed by atoms with E-state index in [-0.39, 0.29) is 11.9 Å². The van der Waals surface area contributed by atoms with Crippen molar-refractivity contribution in [3.05, 3.63) is 35.9 Å². The number of piperidine rings is 3. The number of hydrogen-bond donors (Lipinski definition) is 1. The number of amides is 1. The van der Waals surface area contributed by atoms with Crippen LogP contribution < -0.4 is 5.32 Å². The summed E-state index contributed by atoms with van der Waals surface area (Å²) in [6.45, 7) is 3.29. The molecule has 0 aromatic carbocycles. The molecule has 1 N–H and O–H groups in total. The van der Waals surface area contributed by atoms with Crippen LogP contribution in [0.2, 0.25) is 0 Å². The zero-order valence-corrected chi connectivity index (χ0v) is 12.3. The molecule has 1 atom stereocenters. The smallest absolute Gasteiger partial charge is 0.271 e. The van der Waals surface area contributed by atoms with Gasteiger partial charge in [-0.25, -0.2) is 4.98 Å². The SMILES string of the molecule is C#Cc1cc2cnc(C(=O)N[C@H]3CN4CCC3CC4)cn2c1. The van der Waals surface area contributed by atoms with E-state index >= 15 is 0 Å². The maximum absolute atomic E-state index is 12.5. The van der Waals surface area contributed by atoms with Gasteiger partial charge in [-0.15, -0.1) is 6.42 Å². The van der Waals surface area contributed by atoms with Gasteiger partial charge in [-0.2, -0.15) is 0 Å². The molecule has 5 nitrogen and oxygen atoms in total. The van der Waals surface area contributed by atoms with Gasteiger partial charge in [0.05, 0.1) is 11.7 Å². The number of nitrogens with one attached hydrogen (secondary N) is 1. The first-order chi connectivity index (χ1) is 10.7. The van der Waals surface area contributed by atoms with E-state index in [1.165, 1.54) is 25.9 Å². The summed E-state index contributed by atoms with van der Waals surface area (Å²) in [6.07, 6.45) is 13.0. The van der Waals surface area contributed by atoms with Crippen LogP contribution in [0.3, 0.4) is 0 Å². The Kier molecular flexibility index (Phi) is 3.12. The average molecular weight is 294 g/mol. The van der Waals surface area contributed by atoms with E-state index in [9.17, 15) is 4.79 Å². The zero-order chi connectivity index (χ0) is 15.1. The molecule has 1 amide bonds. The van der Waals surface area contributed by atoms with Crippen LogP contribution in [-0.2, 0) is 0 Å². The van der Waals surface area contributed by atoms with Gasteiger partial charge in [-0.05, 0) is 37.9 Å². The molecule has 2 aromatic rings. The Morgan fingerprint density at radius 2 is 2.18 bits per heavy atom. The topological polar surface area (TPSA) is 49.6 Å². The molecular weight excluding hydrogens is 276 g/mol. The van der Waals surface area contributed by atoms with Crippen LogP contribution in [-0.4, -0.2) is 45.9 Å². The van der Waals surface area contributed by atoms with E-state index in [1.54, 1.807) is 12.4 Å².